The molecule has 1 aliphatic heterocycles. The lowest BCUT2D eigenvalue weighted by Crippen LogP contribution is -2.27. The van der Waals surface area contributed by atoms with Crippen molar-refractivity contribution in [1.29, 1.82) is 0 Å². The zero-order valence-electron chi connectivity index (χ0n) is 12.8. The van der Waals surface area contributed by atoms with Crippen LogP contribution in [0.1, 0.15) is 31.7 Å². The molecule has 6 heteroatoms. The Balaban J connectivity index is 1.91. The summed E-state index contributed by atoms with van der Waals surface area (Å²) in [6.45, 7) is 5.35. The van der Waals surface area contributed by atoms with Crippen LogP contribution in [0.25, 0.3) is 0 Å². The molecule has 1 saturated heterocycles. The minimum absolute atomic E-state index is 0.0939. The monoisotopic (exact) mass is 292 g/mol. The number of hydrogen-bond donors (Lipinski definition) is 1. The predicted octanol–water partition coefficient (Wildman–Crippen LogP) is 1.62. The van der Waals surface area contributed by atoms with Crippen molar-refractivity contribution in [3.05, 3.63) is 18.0 Å². The van der Waals surface area contributed by atoms with Crippen molar-refractivity contribution in [2.45, 2.75) is 32.7 Å². The zero-order valence-corrected chi connectivity index (χ0v) is 12.8. The molecule has 0 spiro atoms. The van der Waals surface area contributed by atoms with Gasteiger partial charge in [-0.05, 0) is 38.3 Å². The first-order chi connectivity index (χ1) is 10.0. The summed E-state index contributed by atoms with van der Waals surface area (Å²) in [5.41, 5.74) is 1.08. The van der Waals surface area contributed by atoms with Crippen LogP contribution in [0, 0.1) is 5.92 Å². The summed E-state index contributed by atoms with van der Waals surface area (Å²) < 4.78 is 0. The van der Waals surface area contributed by atoms with Crippen molar-refractivity contribution >= 4 is 11.9 Å². The van der Waals surface area contributed by atoms with Gasteiger partial charge in [-0.15, -0.1) is 0 Å². The van der Waals surface area contributed by atoms with E-state index in [4.69, 9.17) is 5.11 Å². The summed E-state index contributed by atoms with van der Waals surface area (Å²) in [6, 6.07) is 0. The number of likely N-dealkylation sites (N-methyl/N-ethyl adjacent to an activating group) is 1. The lowest BCUT2D eigenvalue weighted by atomic mass is 10.0. The van der Waals surface area contributed by atoms with Crippen molar-refractivity contribution in [1.82, 2.24) is 14.9 Å². The molecule has 0 amide bonds. The zero-order chi connectivity index (χ0) is 15.2. The highest BCUT2D eigenvalue weighted by Crippen LogP contribution is 2.18. The van der Waals surface area contributed by atoms with Crippen molar-refractivity contribution in [3.63, 3.8) is 0 Å². The van der Waals surface area contributed by atoms with Crippen molar-refractivity contribution in [3.8, 4) is 0 Å². The molecule has 116 valence electrons. The van der Waals surface area contributed by atoms with Crippen LogP contribution in [0.15, 0.2) is 12.4 Å². The average Bonchev–Trinajstić information content (AvgIpc) is 2.64. The number of hydrogen-bond acceptors (Lipinski definition) is 5. The minimum Gasteiger partial charge on any atom is -0.480 e. The molecule has 1 N–H and O–H groups in total. The van der Waals surface area contributed by atoms with E-state index in [1.807, 2.05) is 0 Å². The Morgan fingerprint density at radius 2 is 2.10 bits per heavy atom. The first-order valence-corrected chi connectivity index (χ1v) is 7.51. The molecule has 0 radical (unpaired) electrons. The summed E-state index contributed by atoms with van der Waals surface area (Å²) in [5.74, 6) is 0.382. The second kappa shape index (κ2) is 7.36. The first kappa shape index (κ1) is 15.7. The van der Waals surface area contributed by atoms with Gasteiger partial charge in [-0.1, -0.05) is 6.92 Å². The fourth-order valence-electron chi connectivity index (χ4n) is 2.64. The van der Waals surface area contributed by atoms with Gasteiger partial charge in [0.1, 0.15) is 6.54 Å². The number of likely N-dealkylation sites (tertiary alicyclic amines) is 1. The second-order valence-electron chi connectivity index (χ2n) is 5.95. The van der Waals surface area contributed by atoms with Crippen LogP contribution >= 0.6 is 0 Å². The third-order valence-corrected chi connectivity index (χ3v) is 3.92. The summed E-state index contributed by atoms with van der Waals surface area (Å²) in [6.07, 6.45) is 7.41. The molecular weight excluding hydrogens is 268 g/mol. The summed E-state index contributed by atoms with van der Waals surface area (Å²) in [5, 5.41) is 8.76. The number of aliphatic carboxylic acids is 1. The normalized spacial score (nSPS) is 20.0. The molecule has 1 aromatic rings. The van der Waals surface area contributed by atoms with Gasteiger partial charge in [-0.25, -0.2) is 9.97 Å². The maximum atomic E-state index is 10.7. The van der Waals surface area contributed by atoms with Gasteiger partial charge in [0.25, 0.3) is 0 Å². The highest BCUT2D eigenvalue weighted by atomic mass is 16.4. The van der Waals surface area contributed by atoms with Crippen LogP contribution in [-0.4, -0.2) is 52.6 Å². The number of carbonyl (C=O) groups is 1. The highest BCUT2D eigenvalue weighted by molar-refractivity contribution is 5.72. The molecule has 21 heavy (non-hydrogen) atoms. The Morgan fingerprint density at radius 3 is 2.76 bits per heavy atom. The standard InChI is InChI=1S/C15H24N4O2/c1-12-4-3-6-19(7-5-12)10-13-8-16-15(17-9-13)18(2)11-14(20)21/h8-9,12H,3-7,10-11H2,1-2H3,(H,20,21). The SMILES string of the molecule is CC1CCCN(Cc2cnc(N(C)CC(=O)O)nc2)CC1. The molecule has 1 aromatic heterocycles. The highest BCUT2D eigenvalue weighted by Gasteiger charge is 2.14. The molecule has 1 fully saturated rings. The Kier molecular flexibility index (Phi) is 5.50. The number of nitrogens with zero attached hydrogens (tertiary/aromatic N) is 4. The van der Waals surface area contributed by atoms with Crippen LogP contribution in [0.2, 0.25) is 0 Å². The number of anilines is 1. The van der Waals surface area contributed by atoms with Crippen LogP contribution in [0.4, 0.5) is 5.95 Å². The van der Waals surface area contributed by atoms with Crippen LogP contribution in [0.5, 0.6) is 0 Å². The lowest BCUT2D eigenvalue weighted by Gasteiger charge is -2.20. The third-order valence-electron chi connectivity index (χ3n) is 3.92. The predicted molar refractivity (Wildman–Crippen MR) is 81.2 cm³/mol. The van der Waals surface area contributed by atoms with E-state index in [-0.39, 0.29) is 6.54 Å². The molecule has 0 saturated carbocycles. The van der Waals surface area contributed by atoms with E-state index in [9.17, 15) is 4.79 Å². The number of carboxylic acids is 1. The topological polar surface area (TPSA) is 69.6 Å². The molecule has 0 aliphatic carbocycles. The van der Waals surface area contributed by atoms with E-state index in [1.54, 1.807) is 19.4 Å². The van der Waals surface area contributed by atoms with Crippen LogP contribution in [-0.2, 0) is 11.3 Å². The van der Waals surface area contributed by atoms with E-state index in [2.05, 4.69) is 21.8 Å². The van der Waals surface area contributed by atoms with Crippen molar-refractivity contribution in [2.75, 3.05) is 31.6 Å². The second-order valence-corrected chi connectivity index (χ2v) is 5.95. The van der Waals surface area contributed by atoms with E-state index in [0.29, 0.717) is 5.95 Å². The van der Waals surface area contributed by atoms with Crippen molar-refractivity contribution in [2.24, 2.45) is 5.92 Å². The fraction of sp³-hybridized carbons (Fsp3) is 0.667. The molecule has 1 atom stereocenters. The van der Waals surface area contributed by atoms with Crippen LogP contribution < -0.4 is 4.90 Å². The molecule has 2 rings (SSSR count). The Morgan fingerprint density at radius 1 is 1.38 bits per heavy atom. The summed E-state index contributed by atoms with van der Waals surface area (Å²) >= 11 is 0. The first-order valence-electron chi connectivity index (χ1n) is 7.51. The van der Waals surface area contributed by atoms with Crippen LogP contribution in [0.3, 0.4) is 0 Å². The Hall–Kier alpha value is -1.69. The molecule has 6 nitrogen and oxygen atoms in total. The summed E-state index contributed by atoms with van der Waals surface area (Å²) in [4.78, 5) is 23.2. The Bertz CT molecular complexity index is 463. The van der Waals surface area contributed by atoms with Gasteiger partial charge in [0, 0.05) is 31.5 Å². The smallest absolute Gasteiger partial charge is 0.323 e. The van der Waals surface area contributed by atoms with Gasteiger partial charge in [0.15, 0.2) is 0 Å². The number of aromatic nitrogens is 2. The lowest BCUT2D eigenvalue weighted by molar-refractivity contribution is -0.135. The molecule has 1 aliphatic rings. The van der Waals surface area contributed by atoms with E-state index in [0.717, 1.165) is 31.1 Å². The largest absolute Gasteiger partial charge is 0.480 e. The molecule has 1 unspecified atom stereocenters. The fourth-order valence-corrected chi connectivity index (χ4v) is 2.64. The third kappa shape index (κ3) is 4.97. The number of carboxylic acid groups (broad SMARTS) is 1. The van der Waals surface area contributed by atoms with E-state index < -0.39 is 5.97 Å². The summed E-state index contributed by atoms with van der Waals surface area (Å²) in [7, 11) is 1.68. The maximum Gasteiger partial charge on any atom is 0.323 e. The van der Waals surface area contributed by atoms with Gasteiger partial charge in [-0.3, -0.25) is 9.69 Å². The Labute approximate surface area is 125 Å². The number of rotatable bonds is 5. The van der Waals surface area contributed by atoms with Gasteiger partial charge < -0.3 is 10.0 Å². The van der Waals surface area contributed by atoms with Crippen molar-refractivity contribution < 1.29 is 9.90 Å². The van der Waals surface area contributed by atoms with Gasteiger partial charge in [0.2, 0.25) is 5.95 Å². The average molecular weight is 292 g/mol. The quantitative estimate of drug-likeness (QED) is 0.889. The molecule has 0 bridgehead atoms. The van der Waals surface area contributed by atoms with E-state index >= 15 is 0 Å². The molecule has 0 aromatic carbocycles. The van der Waals surface area contributed by atoms with E-state index in [1.165, 1.54) is 24.2 Å². The minimum atomic E-state index is -0.885. The molecule has 2 heterocycles. The van der Waals surface area contributed by atoms with Gasteiger partial charge in [-0.2, -0.15) is 0 Å². The van der Waals surface area contributed by atoms with Gasteiger partial charge in [0.05, 0.1) is 0 Å². The van der Waals surface area contributed by atoms with Gasteiger partial charge >= 0.3 is 5.97 Å². The molecular formula is C15H24N4O2. The maximum absolute atomic E-state index is 10.7.